The minimum atomic E-state index is -0.982. The molecule has 0 aromatic rings. The Balaban J connectivity index is 1.64. The van der Waals surface area contributed by atoms with Gasteiger partial charge in [-0.1, -0.05) is 46.8 Å². The van der Waals surface area contributed by atoms with Gasteiger partial charge in [-0.25, -0.2) is 0 Å². The predicted molar refractivity (Wildman–Crippen MR) is 127 cm³/mol. The molecule has 0 spiro atoms. The molecule has 3 N–H and O–H groups in total. The van der Waals surface area contributed by atoms with Gasteiger partial charge in [0.25, 0.3) is 0 Å². The molecule has 0 aromatic heterocycles. The summed E-state index contributed by atoms with van der Waals surface area (Å²) in [5, 5.41) is 34.6. The summed E-state index contributed by atoms with van der Waals surface area (Å²) in [5.41, 5.74) is -1.37. The second kappa shape index (κ2) is 8.20. The summed E-state index contributed by atoms with van der Waals surface area (Å²) in [4.78, 5) is 12.2. The summed E-state index contributed by atoms with van der Waals surface area (Å²) in [6.45, 7) is 13.0. The van der Waals surface area contributed by atoms with Crippen molar-refractivity contribution in [2.75, 3.05) is 0 Å². The van der Waals surface area contributed by atoms with Crippen LogP contribution in [0.2, 0.25) is 0 Å². The van der Waals surface area contributed by atoms with Gasteiger partial charge in [-0.2, -0.15) is 0 Å². The van der Waals surface area contributed by atoms with Gasteiger partial charge in [0.1, 0.15) is 5.78 Å². The highest BCUT2D eigenvalue weighted by Crippen LogP contribution is 2.68. The third-order valence-corrected chi connectivity index (χ3v) is 11.1. The number of Topliss-reactive ketones (excluding diaryl/α,β-unsaturated/α-hetero) is 1. The van der Waals surface area contributed by atoms with E-state index >= 15 is 0 Å². The first-order valence-electron chi connectivity index (χ1n) is 13.1. The fourth-order valence-electron chi connectivity index (χ4n) is 8.61. The second-order valence-electron chi connectivity index (χ2n) is 13.0. The molecule has 4 heteroatoms. The Morgan fingerprint density at radius 2 is 1.78 bits per heavy atom. The van der Waals surface area contributed by atoms with Gasteiger partial charge in [0.15, 0.2) is 0 Å². The lowest BCUT2D eigenvalue weighted by Gasteiger charge is -2.63. The molecule has 0 heterocycles. The molecule has 4 aliphatic rings. The molecule has 4 aliphatic carbocycles. The van der Waals surface area contributed by atoms with Crippen molar-refractivity contribution < 1.29 is 20.1 Å². The zero-order valence-electron chi connectivity index (χ0n) is 21.1. The minimum absolute atomic E-state index is 0.0212. The third-order valence-electron chi connectivity index (χ3n) is 11.1. The van der Waals surface area contributed by atoms with Crippen molar-refractivity contribution >= 4 is 5.78 Å². The minimum Gasteiger partial charge on any atom is -0.393 e. The van der Waals surface area contributed by atoms with Crippen LogP contribution >= 0.6 is 0 Å². The maximum Gasteiger partial charge on any atom is 0.133 e. The number of hydrogen-bond donors (Lipinski definition) is 3. The number of aliphatic hydroxyl groups is 3. The van der Waals surface area contributed by atoms with Crippen molar-refractivity contribution in [3.63, 3.8) is 0 Å². The summed E-state index contributed by atoms with van der Waals surface area (Å²) >= 11 is 0. The average molecular weight is 447 g/mol. The van der Waals surface area contributed by atoms with Crippen LogP contribution in [-0.2, 0) is 4.79 Å². The number of carbonyl (C=O) groups excluding carboxylic acids is 1. The molecule has 0 aromatic carbocycles. The molecule has 32 heavy (non-hydrogen) atoms. The number of hydrogen-bond acceptors (Lipinski definition) is 4. The Morgan fingerprint density at radius 3 is 2.44 bits per heavy atom. The molecule has 0 unspecified atom stereocenters. The van der Waals surface area contributed by atoms with E-state index in [2.05, 4.69) is 40.7 Å². The SMILES string of the molecule is CC(C)[C@@H](C)/C=C/[C@](C)(O)[C@H]1CC[C@H]2[C@@H]3[C@H](O)C[C@H]4CC(=O)CC[C@]4(C)[C@H]3C[C@@H](O)[C@@]21C. The number of aliphatic hydroxyl groups excluding tert-OH is 2. The van der Waals surface area contributed by atoms with Crippen LogP contribution in [0.1, 0.15) is 86.5 Å². The molecular formula is C28H46O4. The van der Waals surface area contributed by atoms with E-state index in [4.69, 9.17) is 0 Å². The van der Waals surface area contributed by atoms with Crippen LogP contribution < -0.4 is 0 Å². The van der Waals surface area contributed by atoms with Crippen LogP contribution in [0.5, 0.6) is 0 Å². The first-order chi connectivity index (χ1) is 14.8. The highest BCUT2D eigenvalue weighted by Gasteiger charge is 2.67. The van der Waals surface area contributed by atoms with Gasteiger partial charge in [-0.3, -0.25) is 4.79 Å². The molecule has 0 radical (unpaired) electrons. The van der Waals surface area contributed by atoms with E-state index in [0.29, 0.717) is 43.3 Å². The Hall–Kier alpha value is -0.710. The van der Waals surface area contributed by atoms with Crippen molar-refractivity contribution in [3.05, 3.63) is 12.2 Å². The molecule has 4 nitrogen and oxygen atoms in total. The highest BCUT2D eigenvalue weighted by atomic mass is 16.3. The van der Waals surface area contributed by atoms with Gasteiger partial charge in [0, 0.05) is 18.3 Å². The summed E-state index contributed by atoms with van der Waals surface area (Å²) in [5.74, 6) is 2.04. The molecule has 0 amide bonds. The Bertz CT molecular complexity index is 757. The van der Waals surface area contributed by atoms with Crippen LogP contribution in [0, 0.1) is 52.3 Å². The molecule has 0 aliphatic heterocycles. The van der Waals surface area contributed by atoms with E-state index in [0.717, 1.165) is 19.3 Å². The molecule has 182 valence electrons. The first kappa shape index (κ1) is 24.4. The van der Waals surface area contributed by atoms with Gasteiger partial charge in [0.2, 0.25) is 0 Å². The van der Waals surface area contributed by atoms with E-state index in [9.17, 15) is 20.1 Å². The van der Waals surface area contributed by atoms with Crippen molar-refractivity contribution in [1.29, 1.82) is 0 Å². The van der Waals surface area contributed by atoms with Gasteiger partial charge < -0.3 is 15.3 Å². The number of fused-ring (bicyclic) bond motifs is 5. The zero-order valence-corrected chi connectivity index (χ0v) is 21.1. The van der Waals surface area contributed by atoms with Crippen LogP contribution in [0.3, 0.4) is 0 Å². The highest BCUT2D eigenvalue weighted by molar-refractivity contribution is 5.79. The summed E-state index contributed by atoms with van der Waals surface area (Å²) < 4.78 is 0. The molecule has 4 saturated carbocycles. The summed E-state index contributed by atoms with van der Waals surface area (Å²) in [6.07, 6.45) is 8.52. The van der Waals surface area contributed by atoms with E-state index in [1.54, 1.807) is 0 Å². The smallest absolute Gasteiger partial charge is 0.133 e. The maximum atomic E-state index is 12.2. The lowest BCUT2D eigenvalue weighted by Crippen LogP contribution is -2.63. The van der Waals surface area contributed by atoms with E-state index in [1.165, 1.54) is 0 Å². The monoisotopic (exact) mass is 446 g/mol. The average Bonchev–Trinajstić information content (AvgIpc) is 3.07. The lowest BCUT2D eigenvalue weighted by molar-refractivity contribution is -0.207. The summed E-state index contributed by atoms with van der Waals surface area (Å²) in [7, 11) is 0. The third kappa shape index (κ3) is 3.64. The first-order valence-corrected chi connectivity index (χ1v) is 13.1. The molecule has 11 atom stereocenters. The number of ketones is 1. The summed E-state index contributed by atoms with van der Waals surface area (Å²) in [6, 6.07) is 0. The van der Waals surface area contributed by atoms with Gasteiger partial charge in [0.05, 0.1) is 17.8 Å². The molecule has 4 rings (SSSR count). The van der Waals surface area contributed by atoms with E-state index in [-0.39, 0.29) is 35.0 Å². The van der Waals surface area contributed by atoms with Crippen LogP contribution in [0.4, 0.5) is 0 Å². The van der Waals surface area contributed by atoms with Crippen molar-refractivity contribution in [3.8, 4) is 0 Å². The second-order valence-corrected chi connectivity index (χ2v) is 13.0. The fraction of sp³-hybridized carbons (Fsp3) is 0.893. The van der Waals surface area contributed by atoms with E-state index in [1.807, 2.05) is 13.0 Å². The topological polar surface area (TPSA) is 77.8 Å². The van der Waals surface area contributed by atoms with Crippen molar-refractivity contribution in [2.45, 2.75) is 104 Å². The quantitative estimate of drug-likeness (QED) is 0.544. The number of allylic oxidation sites excluding steroid dienone is 1. The zero-order chi connectivity index (χ0) is 23.6. The van der Waals surface area contributed by atoms with Gasteiger partial charge in [-0.05, 0) is 85.9 Å². The number of carbonyl (C=O) groups is 1. The lowest BCUT2D eigenvalue weighted by atomic mass is 9.43. The van der Waals surface area contributed by atoms with Gasteiger partial charge >= 0.3 is 0 Å². The van der Waals surface area contributed by atoms with Crippen LogP contribution in [-0.4, -0.2) is 38.9 Å². The normalized spacial score (nSPS) is 49.4. The molecule has 4 fully saturated rings. The fourth-order valence-corrected chi connectivity index (χ4v) is 8.61. The molecular weight excluding hydrogens is 400 g/mol. The Kier molecular flexibility index (Phi) is 6.26. The largest absolute Gasteiger partial charge is 0.393 e. The van der Waals surface area contributed by atoms with Gasteiger partial charge in [-0.15, -0.1) is 0 Å². The van der Waals surface area contributed by atoms with Crippen molar-refractivity contribution in [2.24, 2.45) is 52.3 Å². The standard InChI is InChI=1S/C28H46O4/c1-16(2)17(3)9-12-27(5,32)23-8-7-20-25-21(15-24(31)28(20,23)6)26(4)11-10-19(29)13-18(26)14-22(25)30/h9,12,16-18,20-25,30-32H,7-8,10-11,13-15H2,1-6H3/b12-9+/t17-,18+,20-,21-,22+,23+,24+,25-,26-,27-,28-/m0/s1. The molecule has 0 saturated heterocycles. The van der Waals surface area contributed by atoms with Crippen molar-refractivity contribution in [1.82, 2.24) is 0 Å². The van der Waals surface area contributed by atoms with Crippen LogP contribution in [0.25, 0.3) is 0 Å². The molecule has 0 bridgehead atoms. The maximum absolute atomic E-state index is 12.2. The van der Waals surface area contributed by atoms with E-state index < -0.39 is 23.2 Å². The van der Waals surface area contributed by atoms with Crippen LogP contribution in [0.15, 0.2) is 12.2 Å². The Labute approximate surface area is 194 Å². The predicted octanol–water partition coefficient (Wildman–Crippen LogP) is 4.76. The Morgan fingerprint density at radius 1 is 1.09 bits per heavy atom. The number of rotatable bonds is 4.